The van der Waals surface area contributed by atoms with Crippen LogP contribution in [0.15, 0.2) is 36.4 Å². The number of anilines is 2. The molecule has 0 aliphatic carbocycles. The molecule has 2 N–H and O–H groups in total. The summed E-state index contributed by atoms with van der Waals surface area (Å²) in [5, 5.41) is 6.07. The van der Waals surface area contributed by atoms with Crippen LogP contribution < -0.4 is 10.6 Å². The van der Waals surface area contributed by atoms with E-state index in [4.69, 9.17) is 0 Å². The van der Waals surface area contributed by atoms with Crippen molar-refractivity contribution < 1.29 is 4.79 Å². The van der Waals surface area contributed by atoms with E-state index < -0.39 is 0 Å². The number of benzene rings is 1. The Balaban J connectivity index is 2.21. The van der Waals surface area contributed by atoms with Gasteiger partial charge in [0.2, 0.25) is 0 Å². The molecule has 0 saturated carbocycles. The largest absolute Gasteiger partial charge is 0.365 e. The molecule has 21 heavy (non-hydrogen) atoms. The Bertz CT molecular complexity index is 632. The van der Waals surface area contributed by atoms with Crippen LogP contribution in [0.4, 0.5) is 11.5 Å². The summed E-state index contributed by atoms with van der Waals surface area (Å²) in [4.78, 5) is 20.8. The van der Waals surface area contributed by atoms with E-state index >= 15 is 0 Å². The molecule has 110 valence electrons. The zero-order chi connectivity index (χ0) is 15.5. The van der Waals surface area contributed by atoms with Gasteiger partial charge in [-0.2, -0.15) is 0 Å². The van der Waals surface area contributed by atoms with Gasteiger partial charge >= 0.3 is 0 Å². The molecule has 0 fully saturated rings. The lowest BCUT2D eigenvalue weighted by Gasteiger charge is -2.21. The first-order valence-corrected chi connectivity index (χ1v) is 6.84. The smallest absolute Gasteiger partial charge is 0.274 e. The highest BCUT2D eigenvalue weighted by atomic mass is 16.1. The number of amides is 1. The standard InChI is InChI=1S/C16H20N4O/c1-11-17-13(10-14(18-11)20-16(2,3)4)15(21)19-12-8-6-5-7-9-12/h5-10H,1-4H3,(H,19,21)(H,17,18,20). The monoisotopic (exact) mass is 284 g/mol. The van der Waals surface area contributed by atoms with E-state index in [9.17, 15) is 4.79 Å². The third-order valence-electron chi connectivity index (χ3n) is 2.61. The number of rotatable bonds is 3. The van der Waals surface area contributed by atoms with Gasteiger partial charge in [-0.05, 0) is 39.8 Å². The number of hydrogen-bond donors (Lipinski definition) is 2. The van der Waals surface area contributed by atoms with Gasteiger partial charge in [-0.3, -0.25) is 4.79 Å². The maximum absolute atomic E-state index is 12.3. The summed E-state index contributed by atoms with van der Waals surface area (Å²) in [7, 11) is 0. The molecule has 0 radical (unpaired) electrons. The highest BCUT2D eigenvalue weighted by molar-refractivity contribution is 6.03. The highest BCUT2D eigenvalue weighted by Gasteiger charge is 2.14. The van der Waals surface area contributed by atoms with Crippen molar-refractivity contribution in [3.63, 3.8) is 0 Å². The molecule has 0 unspecified atom stereocenters. The maximum Gasteiger partial charge on any atom is 0.274 e. The van der Waals surface area contributed by atoms with Crippen molar-refractivity contribution in [1.82, 2.24) is 9.97 Å². The number of hydrogen-bond acceptors (Lipinski definition) is 4. The van der Waals surface area contributed by atoms with Crippen LogP contribution in [-0.4, -0.2) is 21.4 Å². The predicted molar refractivity (Wildman–Crippen MR) is 84.5 cm³/mol. The molecule has 0 aliphatic heterocycles. The van der Waals surface area contributed by atoms with Crippen LogP contribution >= 0.6 is 0 Å². The number of nitrogens with zero attached hydrogens (tertiary/aromatic N) is 2. The second-order valence-electron chi connectivity index (χ2n) is 5.88. The molecular weight excluding hydrogens is 264 g/mol. The Labute approximate surface area is 124 Å². The Morgan fingerprint density at radius 1 is 1.10 bits per heavy atom. The second kappa shape index (κ2) is 5.91. The molecular formula is C16H20N4O. The van der Waals surface area contributed by atoms with Gasteiger partial charge in [-0.15, -0.1) is 0 Å². The zero-order valence-electron chi connectivity index (χ0n) is 12.8. The first-order valence-electron chi connectivity index (χ1n) is 6.84. The van der Waals surface area contributed by atoms with E-state index in [1.165, 1.54) is 0 Å². The molecule has 1 heterocycles. The summed E-state index contributed by atoms with van der Waals surface area (Å²) >= 11 is 0. The maximum atomic E-state index is 12.3. The lowest BCUT2D eigenvalue weighted by molar-refractivity contribution is 0.102. The van der Waals surface area contributed by atoms with Gasteiger partial charge < -0.3 is 10.6 Å². The van der Waals surface area contributed by atoms with Crippen molar-refractivity contribution in [3.8, 4) is 0 Å². The lowest BCUT2D eigenvalue weighted by Crippen LogP contribution is -2.27. The van der Waals surface area contributed by atoms with E-state index in [2.05, 4.69) is 20.6 Å². The number of carbonyl (C=O) groups excluding carboxylic acids is 1. The SMILES string of the molecule is Cc1nc(NC(C)(C)C)cc(C(=O)Nc2ccccc2)n1. The summed E-state index contributed by atoms with van der Waals surface area (Å²) in [5.74, 6) is 0.958. The van der Waals surface area contributed by atoms with E-state index in [1.807, 2.05) is 51.1 Å². The Kier molecular flexibility index (Phi) is 4.21. The van der Waals surface area contributed by atoms with E-state index in [0.29, 0.717) is 17.3 Å². The van der Waals surface area contributed by atoms with Gasteiger partial charge in [-0.1, -0.05) is 18.2 Å². The van der Waals surface area contributed by atoms with Gasteiger partial charge in [0.15, 0.2) is 0 Å². The Morgan fingerprint density at radius 2 is 1.76 bits per heavy atom. The number of carbonyl (C=O) groups is 1. The van der Waals surface area contributed by atoms with Crippen molar-refractivity contribution in [1.29, 1.82) is 0 Å². The van der Waals surface area contributed by atoms with Gasteiger partial charge in [0.05, 0.1) is 0 Å². The Morgan fingerprint density at radius 3 is 2.38 bits per heavy atom. The summed E-state index contributed by atoms with van der Waals surface area (Å²) in [6, 6.07) is 11.0. The van der Waals surface area contributed by atoms with Gasteiger partial charge in [-0.25, -0.2) is 9.97 Å². The van der Waals surface area contributed by atoms with Crippen LogP contribution in [-0.2, 0) is 0 Å². The fraction of sp³-hybridized carbons (Fsp3) is 0.312. The summed E-state index contributed by atoms with van der Waals surface area (Å²) < 4.78 is 0. The number of nitrogens with one attached hydrogen (secondary N) is 2. The van der Waals surface area contributed by atoms with E-state index in [-0.39, 0.29) is 11.4 Å². The molecule has 1 amide bonds. The first-order chi connectivity index (χ1) is 9.83. The van der Waals surface area contributed by atoms with Crippen LogP contribution in [0.25, 0.3) is 0 Å². The van der Waals surface area contributed by atoms with Crippen molar-refractivity contribution in [2.75, 3.05) is 10.6 Å². The third-order valence-corrected chi connectivity index (χ3v) is 2.61. The molecule has 5 nitrogen and oxygen atoms in total. The minimum atomic E-state index is -0.247. The minimum absolute atomic E-state index is 0.131. The van der Waals surface area contributed by atoms with Crippen LogP contribution in [0.5, 0.6) is 0 Å². The fourth-order valence-corrected chi connectivity index (χ4v) is 1.85. The third kappa shape index (κ3) is 4.56. The molecule has 0 atom stereocenters. The highest BCUT2D eigenvalue weighted by Crippen LogP contribution is 2.14. The van der Waals surface area contributed by atoms with Crippen LogP contribution in [0.1, 0.15) is 37.1 Å². The van der Waals surface area contributed by atoms with E-state index in [0.717, 1.165) is 5.69 Å². The molecule has 1 aromatic carbocycles. The minimum Gasteiger partial charge on any atom is -0.365 e. The summed E-state index contributed by atoms with van der Waals surface area (Å²) in [5.41, 5.74) is 0.954. The van der Waals surface area contributed by atoms with Crippen LogP contribution in [0, 0.1) is 6.92 Å². The number of aryl methyl sites for hydroxylation is 1. The molecule has 2 rings (SSSR count). The van der Waals surface area contributed by atoms with Crippen molar-refractivity contribution in [3.05, 3.63) is 47.9 Å². The van der Waals surface area contributed by atoms with Crippen molar-refractivity contribution in [2.45, 2.75) is 33.2 Å². The van der Waals surface area contributed by atoms with Gasteiger partial charge in [0.25, 0.3) is 5.91 Å². The number of para-hydroxylation sites is 1. The molecule has 5 heteroatoms. The summed E-state index contributed by atoms with van der Waals surface area (Å²) in [6.07, 6.45) is 0. The molecule has 1 aromatic heterocycles. The van der Waals surface area contributed by atoms with Crippen molar-refractivity contribution >= 4 is 17.4 Å². The second-order valence-corrected chi connectivity index (χ2v) is 5.88. The van der Waals surface area contributed by atoms with Crippen LogP contribution in [0.2, 0.25) is 0 Å². The molecule has 0 spiro atoms. The Hall–Kier alpha value is -2.43. The van der Waals surface area contributed by atoms with Gasteiger partial charge in [0.1, 0.15) is 17.3 Å². The molecule has 2 aromatic rings. The molecule has 0 aliphatic rings. The molecule has 0 bridgehead atoms. The summed E-state index contributed by atoms with van der Waals surface area (Å²) in [6.45, 7) is 7.88. The van der Waals surface area contributed by atoms with Gasteiger partial charge in [0, 0.05) is 17.3 Å². The average Bonchev–Trinajstić information content (AvgIpc) is 2.37. The first kappa shape index (κ1) is 15.0. The van der Waals surface area contributed by atoms with E-state index in [1.54, 1.807) is 13.0 Å². The van der Waals surface area contributed by atoms with Crippen LogP contribution in [0.3, 0.4) is 0 Å². The predicted octanol–water partition coefficient (Wildman–Crippen LogP) is 3.25. The molecule has 0 saturated heterocycles. The van der Waals surface area contributed by atoms with Crippen molar-refractivity contribution in [2.24, 2.45) is 0 Å². The topological polar surface area (TPSA) is 66.9 Å². The fourth-order valence-electron chi connectivity index (χ4n) is 1.85. The lowest BCUT2D eigenvalue weighted by atomic mass is 10.1. The number of aromatic nitrogens is 2. The zero-order valence-corrected chi connectivity index (χ0v) is 12.8. The quantitative estimate of drug-likeness (QED) is 0.908. The normalized spacial score (nSPS) is 11.0. The average molecular weight is 284 g/mol.